The van der Waals surface area contributed by atoms with Gasteiger partial charge < -0.3 is 19.9 Å². The summed E-state index contributed by atoms with van der Waals surface area (Å²) < 4.78 is 11.0. The van der Waals surface area contributed by atoms with Crippen LogP contribution in [0.4, 0.5) is 0 Å². The number of carboxylic acids is 1. The SMILES string of the molecule is O=C(Cc1cc(Cl)c2c(c1)OCCO2)NCC1(C(=O)O)CCCCC1. The molecule has 0 spiro atoms. The van der Waals surface area contributed by atoms with Crippen molar-refractivity contribution >= 4 is 23.5 Å². The Bertz CT molecular complexity index is 670. The highest BCUT2D eigenvalue weighted by molar-refractivity contribution is 6.32. The zero-order valence-electron chi connectivity index (χ0n) is 14.0. The Hall–Kier alpha value is -1.95. The molecule has 0 radical (unpaired) electrons. The van der Waals surface area contributed by atoms with Crippen LogP contribution in [0.15, 0.2) is 12.1 Å². The van der Waals surface area contributed by atoms with Crippen molar-refractivity contribution in [2.45, 2.75) is 38.5 Å². The van der Waals surface area contributed by atoms with Crippen molar-refractivity contribution in [1.82, 2.24) is 5.32 Å². The number of ether oxygens (including phenoxy) is 2. The molecule has 1 amide bonds. The lowest BCUT2D eigenvalue weighted by Gasteiger charge is -2.33. The average molecular weight is 368 g/mol. The highest BCUT2D eigenvalue weighted by Gasteiger charge is 2.39. The lowest BCUT2D eigenvalue weighted by Crippen LogP contribution is -2.44. The number of fused-ring (bicyclic) bond motifs is 1. The molecule has 0 saturated heterocycles. The van der Waals surface area contributed by atoms with Gasteiger partial charge in [0.1, 0.15) is 13.2 Å². The second-order valence-electron chi connectivity index (χ2n) is 6.70. The van der Waals surface area contributed by atoms with E-state index in [2.05, 4.69) is 5.32 Å². The number of carboxylic acid groups (broad SMARTS) is 1. The van der Waals surface area contributed by atoms with Crippen molar-refractivity contribution in [3.63, 3.8) is 0 Å². The molecule has 2 aliphatic rings. The molecular formula is C18H22ClNO5. The van der Waals surface area contributed by atoms with Gasteiger partial charge in [0, 0.05) is 6.54 Å². The number of nitrogens with one attached hydrogen (secondary N) is 1. The Labute approximate surface area is 151 Å². The number of hydrogen-bond donors (Lipinski definition) is 2. The smallest absolute Gasteiger partial charge is 0.311 e. The van der Waals surface area contributed by atoms with Crippen molar-refractivity contribution in [2.75, 3.05) is 19.8 Å². The van der Waals surface area contributed by atoms with Gasteiger partial charge in [0.2, 0.25) is 5.91 Å². The molecule has 1 aliphatic heterocycles. The maximum atomic E-state index is 12.3. The molecule has 1 aromatic carbocycles. The molecular weight excluding hydrogens is 346 g/mol. The van der Waals surface area contributed by atoms with E-state index in [0.717, 1.165) is 19.3 Å². The summed E-state index contributed by atoms with van der Waals surface area (Å²) in [4.78, 5) is 23.9. The van der Waals surface area contributed by atoms with E-state index in [0.29, 0.717) is 48.1 Å². The molecule has 3 rings (SSSR count). The largest absolute Gasteiger partial charge is 0.486 e. The van der Waals surface area contributed by atoms with Gasteiger partial charge in [0.05, 0.1) is 16.9 Å². The van der Waals surface area contributed by atoms with Crippen LogP contribution in [-0.2, 0) is 16.0 Å². The Morgan fingerprint density at radius 3 is 2.60 bits per heavy atom. The van der Waals surface area contributed by atoms with Crippen LogP contribution in [0.2, 0.25) is 5.02 Å². The summed E-state index contributed by atoms with van der Waals surface area (Å²) in [5.74, 6) is -0.00577. The molecule has 1 aliphatic carbocycles. The molecule has 0 atom stereocenters. The Morgan fingerprint density at radius 1 is 1.16 bits per heavy atom. The number of benzene rings is 1. The van der Waals surface area contributed by atoms with Gasteiger partial charge in [-0.3, -0.25) is 9.59 Å². The second-order valence-corrected chi connectivity index (χ2v) is 7.11. The standard InChI is InChI=1S/C18H22ClNO5/c19-13-8-12(9-14-16(13)25-7-6-24-14)10-15(21)20-11-18(17(22)23)4-2-1-3-5-18/h8-9H,1-7,10-11H2,(H,20,21)(H,22,23). The zero-order valence-corrected chi connectivity index (χ0v) is 14.7. The predicted molar refractivity (Wildman–Crippen MR) is 92.3 cm³/mol. The van der Waals surface area contributed by atoms with Gasteiger partial charge in [0.25, 0.3) is 0 Å². The van der Waals surface area contributed by atoms with Crippen LogP contribution in [0.3, 0.4) is 0 Å². The Kier molecular flexibility index (Phi) is 5.37. The monoisotopic (exact) mass is 367 g/mol. The number of halogens is 1. The number of carbonyl (C=O) groups is 2. The summed E-state index contributed by atoms with van der Waals surface area (Å²) in [6.07, 6.45) is 4.17. The van der Waals surface area contributed by atoms with Crippen LogP contribution in [0.5, 0.6) is 11.5 Å². The van der Waals surface area contributed by atoms with E-state index >= 15 is 0 Å². The minimum Gasteiger partial charge on any atom is -0.486 e. The Morgan fingerprint density at radius 2 is 1.88 bits per heavy atom. The molecule has 0 unspecified atom stereocenters. The zero-order chi connectivity index (χ0) is 17.9. The maximum absolute atomic E-state index is 12.3. The van der Waals surface area contributed by atoms with E-state index < -0.39 is 11.4 Å². The first kappa shape index (κ1) is 17.9. The van der Waals surface area contributed by atoms with Gasteiger partial charge in [-0.05, 0) is 30.5 Å². The maximum Gasteiger partial charge on any atom is 0.311 e. The van der Waals surface area contributed by atoms with Crippen molar-refractivity contribution in [2.24, 2.45) is 5.41 Å². The summed E-state index contributed by atoms with van der Waals surface area (Å²) in [6, 6.07) is 3.43. The third-order valence-electron chi connectivity index (χ3n) is 4.91. The molecule has 1 heterocycles. The van der Waals surface area contributed by atoms with Crippen LogP contribution in [0.25, 0.3) is 0 Å². The molecule has 136 valence electrons. The number of rotatable bonds is 5. The lowest BCUT2D eigenvalue weighted by atomic mass is 9.74. The normalized spacial score (nSPS) is 18.4. The quantitative estimate of drug-likeness (QED) is 0.835. The van der Waals surface area contributed by atoms with Crippen molar-refractivity contribution < 1.29 is 24.2 Å². The summed E-state index contributed by atoms with van der Waals surface area (Å²) in [5.41, 5.74) is -0.127. The molecule has 0 bridgehead atoms. The van der Waals surface area contributed by atoms with Crippen LogP contribution in [-0.4, -0.2) is 36.7 Å². The van der Waals surface area contributed by atoms with Crippen LogP contribution >= 0.6 is 11.6 Å². The third kappa shape index (κ3) is 4.00. The summed E-state index contributed by atoms with van der Waals surface area (Å²) >= 11 is 6.18. The number of hydrogen-bond acceptors (Lipinski definition) is 4. The molecule has 1 saturated carbocycles. The van der Waals surface area contributed by atoms with Crippen LogP contribution < -0.4 is 14.8 Å². The van der Waals surface area contributed by atoms with Crippen LogP contribution in [0, 0.1) is 5.41 Å². The number of amides is 1. The lowest BCUT2D eigenvalue weighted by molar-refractivity contribution is -0.151. The van der Waals surface area contributed by atoms with E-state index in [4.69, 9.17) is 21.1 Å². The summed E-state index contributed by atoms with van der Waals surface area (Å²) in [5, 5.41) is 12.8. The fraction of sp³-hybridized carbons (Fsp3) is 0.556. The molecule has 2 N–H and O–H groups in total. The van der Waals surface area contributed by atoms with Gasteiger partial charge in [-0.1, -0.05) is 30.9 Å². The predicted octanol–water partition coefficient (Wildman–Crippen LogP) is 2.81. The van der Waals surface area contributed by atoms with Gasteiger partial charge >= 0.3 is 5.97 Å². The topological polar surface area (TPSA) is 84.9 Å². The minimum absolute atomic E-state index is 0.117. The molecule has 1 fully saturated rings. The van der Waals surface area contributed by atoms with Gasteiger partial charge in [0.15, 0.2) is 11.5 Å². The fourth-order valence-corrected chi connectivity index (χ4v) is 3.76. The van der Waals surface area contributed by atoms with Crippen molar-refractivity contribution in [3.8, 4) is 11.5 Å². The molecule has 7 heteroatoms. The van der Waals surface area contributed by atoms with Crippen molar-refractivity contribution in [1.29, 1.82) is 0 Å². The molecule has 0 aromatic heterocycles. The van der Waals surface area contributed by atoms with Gasteiger partial charge in [-0.2, -0.15) is 0 Å². The van der Waals surface area contributed by atoms with Crippen LogP contribution in [0.1, 0.15) is 37.7 Å². The first-order valence-electron chi connectivity index (χ1n) is 8.58. The van der Waals surface area contributed by atoms with E-state index in [1.54, 1.807) is 12.1 Å². The summed E-state index contributed by atoms with van der Waals surface area (Å²) in [7, 11) is 0. The minimum atomic E-state index is -0.835. The summed E-state index contributed by atoms with van der Waals surface area (Å²) in [6.45, 7) is 1.06. The Balaban J connectivity index is 1.62. The van der Waals surface area contributed by atoms with E-state index in [1.165, 1.54) is 0 Å². The second kappa shape index (κ2) is 7.52. The average Bonchev–Trinajstić information content (AvgIpc) is 2.61. The van der Waals surface area contributed by atoms with Gasteiger partial charge in [-0.25, -0.2) is 0 Å². The molecule has 25 heavy (non-hydrogen) atoms. The number of aliphatic carboxylic acids is 1. The molecule has 6 nitrogen and oxygen atoms in total. The van der Waals surface area contributed by atoms with E-state index in [-0.39, 0.29) is 18.9 Å². The third-order valence-corrected chi connectivity index (χ3v) is 5.19. The molecule has 1 aromatic rings. The fourth-order valence-electron chi connectivity index (χ4n) is 3.48. The first-order chi connectivity index (χ1) is 12.0. The first-order valence-corrected chi connectivity index (χ1v) is 8.96. The van der Waals surface area contributed by atoms with E-state index in [9.17, 15) is 14.7 Å². The van der Waals surface area contributed by atoms with Gasteiger partial charge in [-0.15, -0.1) is 0 Å². The van der Waals surface area contributed by atoms with E-state index in [1.807, 2.05) is 0 Å². The van der Waals surface area contributed by atoms with Crippen molar-refractivity contribution in [3.05, 3.63) is 22.7 Å². The highest BCUT2D eigenvalue weighted by Crippen LogP contribution is 2.38. The number of carbonyl (C=O) groups excluding carboxylic acids is 1. The highest BCUT2D eigenvalue weighted by atomic mass is 35.5.